The molecule has 0 aromatic rings. The van der Waals surface area contributed by atoms with Gasteiger partial charge in [-0.25, -0.2) is 20.4 Å². The van der Waals surface area contributed by atoms with Crippen LogP contribution < -0.4 is 0 Å². The summed E-state index contributed by atoms with van der Waals surface area (Å²) in [5.74, 6) is 0.903. The average Bonchev–Trinajstić information content (AvgIpc) is 2.29. The van der Waals surface area contributed by atoms with Gasteiger partial charge in [0, 0.05) is 0 Å². The molecule has 0 rings (SSSR count). The van der Waals surface area contributed by atoms with Gasteiger partial charge >= 0.3 is 0 Å². The molecule has 0 fully saturated rings. The molecule has 2 N–H and O–H groups in total. The molecule has 0 aliphatic carbocycles. The van der Waals surface area contributed by atoms with Crippen molar-refractivity contribution in [2.75, 3.05) is 0 Å². The Labute approximate surface area is 111 Å². The zero-order valence-electron chi connectivity index (χ0n) is 12.1. The summed E-state index contributed by atoms with van der Waals surface area (Å²) >= 11 is 0. The maximum atomic E-state index is 8.35. The molecule has 0 saturated carbocycles. The zero-order valence-corrected chi connectivity index (χ0v) is 12.1. The molecule has 4 heteroatoms. The molecule has 0 radical (unpaired) electrons. The van der Waals surface area contributed by atoms with E-state index < -0.39 is 0 Å². The Balaban J connectivity index is -0.000000315. The Bertz CT molecular complexity index is 192. The Morgan fingerprint density at radius 3 is 1.50 bits per heavy atom. The van der Waals surface area contributed by atoms with Crippen LogP contribution in [0.25, 0.3) is 0 Å². The van der Waals surface area contributed by atoms with Gasteiger partial charge in [0.25, 0.3) is 0 Å². The molecule has 0 saturated heterocycles. The average molecular weight is 256 g/mol. The van der Waals surface area contributed by atoms with Crippen LogP contribution in [0.1, 0.15) is 72.1 Å². The molecule has 0 unspecified atom stereocenters. The van der Waals surface area contributed by atoms with Gasteiger partial charge in [0.05, 0.1) is 0 Å². The summed E-state index contributed by atoms with van der Waals surface area (Å²) in [5, 5.41) is 10.8. The number of carbonyl (C=O) groups excluding carboxylic acids is 2. The third-order valence-electron chi connectivity index (χ3n) is 2.39. The number of hydrogen-bond donors (Lipinski definition) is 2. The number of unbranched alkanes of at least 4 members (excludes halogenated alkanes) is 6. The van der Waals surface area contributed by atoms with Gasteiger partial charge in [0.2, 0.25) is 12.2 Å². The van der Waals surface area contributed by atoms with Crippen molar-refractivity contribution >= 4 is 12.2 Å². The first kappa shape index (κ1) is 22.0. The van der Waals surface area contributed by atoms with Crippen LogP contribution in [0.5, 0.6) is 0 Å². The topological polar surface area (TPSA) is 81.8 Å². The Kier molecular flexibility index (Phi) is 30.3. The largest absolute Gasteiger partial charge is 0.231 e. The smallest absolute Gasteiger partial charge is 0.222 e. The predicted octanol–water partition coefficient (Wildman–Crippen LogP) is 4.59. The highest BCUT2D eigenvalue weighted by molar-refractivity contribution is 5.26. The first-order valence-electron chi connectivity index (χ1n) is 6.68. The molecule has 18 heavy (non-hydrogen) atoms. The SMILES string of the molecule is CCCCCCCCCC(C)C.N=C=O.N=C=O. The summed E-state index contributed by atoms with van der Waals surface area (Å²) < 4.78 is 0. The van der Waals surface area contributed by atoms with Gasteiger partial charge in [0.1, 0.15) is 0 Å². The molecular formula is C14H28N2O2. The summed E-state index contributed by atoms with van der Waals surface area (Å²) in [4.78, 5) is 16.7. The van der Waals surface area contributed by atoms with E-state index in [4.69, 9.17) is 20.4 Å². The fourth-order valence-corrected chi connectivity index (χ4v) is 1.51. The van der Waals surface area contributed by atoms with E-state index in [1.807, 2.05) is 0 Å². The van der Waals surface area contributed by atoms with E-state index >= 15 is 0 Å². The van der Waals surface area contributed by atoms with Crippen LogP contribution >= 0.6 is 0 Å². The van der Waals surface area contributed by atoms with Gasteiger partial charge in [0.15, 0.2) is 0 Å². The van der Waals surface area contributed by atoms with Crippen molar-refractivity contribution in [2.24, 2.45) is 5.92 Å². The lowest BCUT2D eigenvalue weighted by Gasteiger charge is -2.03. The van der Waals surface area contributed by atoms with Crippen LogP contribution in [0.15, 0.2) is 0 Å². The summed E-state index contributed by atoms with van der Waals surface area (Å²) in [6.07, 6.45) is 13.0. The fraction of sp³-hybridized carbons (Fsp3) is 0.857. The van der Waals surface area contributed by atoms with E-state index in [0.717, 1.165) is 18.1 Å². The molecule has 0 aromatic heterocycles. The highest BCUT2D eigenvalue weighted by Crippen LogP contribution is 2.11. The first-order valence-corrected chi connectivity index (χ1v) is 6.68. The molecule has 0 amide bonds. The maximum absolute atomic E-state index is 8.35. The summed E-state index contributed by atoms with van der Waals surface area (Å²) in [7, 11) is 0. The highest BCUT2D eigenvalue weighted by Gasteiger charge is 1.93. The first-order chi connectivity index (χ1) is 8.60. The Morgan fingerprint density at radius 1 is 0.833 bits per heavy atom. The van der Waals surface area contributed by atoms with E-state index in [-0.39, 0.29) is 0 Å². The highest BCUT2D eigenvalue weighted by atomic mass is 16.1. The van der Waals surface area contributed by atoms with E-state index in [1.165, 1.54) is 51.4 Å². The number of isocyanates is 2. The standard InChI is InChI=1S/C12H26.2CHNO/c1-4-5-6-7-8-9-10-11-12(2)3;2*2-1-3/h12H,4-11H2,1-3H3;2*2H. The van der Waals surface area contributed by atoms with Gasteiger partial charge < -0.3 is 0 Å². The third-order valence-corrected chi connectivity index (χ3v) is 2.39. The second kappa shape index (κ2) is 24.8. The minimum absolute atomic E-state index is 0.750. The van der Waals surface area contributed by atoms with E-state index in [2.05, 4.69) is 20.8 Å². The van der Waals surface area contributed by atoms with Crippen LogP contribution in [0, 0.1) is 16.7 Å². The van der Waals surface area contributed by atoms with Gasteiger partial charge in [-0.3, -0.25) is 0 Å². The molecule has 106 valence electrons. The molecule has 0 heterocycles. The van der Waals surface area contributed by atoms with Crippen LogP contribution in [0.4, 0.5) is 0 Å². The van der Waals surface area contributed by atoms with Gasteiger partial charge in [-0.05, 0) is 5.92 Å². The van der Waals surface area contributed by atoms with Crippen molar-refractivity contribution in [3.8, 4) is 0 Å². The van der Waals surface area contributed by atoms with Crippen molar-refractivity contribution in [1.82, 2.24) is 0 Å². The molecule has 0 atom stereocenters. The summed E-state index contributed by atoms with van der Waals surface area (Å²) in [5.41, 5.74) is 0. The zero-order chi connectivity index (χ0) is 14.6. The lowest BCUT2D eigenvalue weighted by molar-refractivity contribution is 0.511. The molecule has 0 bridgehead atoms. The number of hydrogen-bond acceptors (Lipinski definition) is 4. The number of rotatable bonds is 8. The van der Waals surface area contributed by atoms with Gasteiger partial charge in [-0.1, -0.05) is 72.1 Å². The van der Waals surface area contributed by atoms with Crippen LogP contribution in [-0.2, 0) is 9.59 Å². The Hall–Kier alpha value is -1.24. The molecular weight excluding hydrogens is 228 g/mol. The van der Waals surface area contributed by atoms with Gasteiger partial charge in [-0.2, -0.15) is 0 Å². The van der Waals surface area contributed by atoms with Crippen molar-refractivity contribution in [1.29, 1.82) is 10.8 Å². The van der Waals surface area contributed by atoms with E-state index in [1.54, 1.807) is 0 Å². The van der Waals surface area contributed by atoms with Crippen molar-refractivity contribution in [2.45, 2.75) is 72.1 Å². The number of nitrogens with one attached hydrogen (secondary N) is 2. The molecule has 0 spiro atoms. The second-order valence-electron chi connectivity index (χ2n) is 4.51. The lowest BCUT2D eigenvalue weighted by atomic mass is 10.0. The Morgan fingerprint density at radius 2 is 1.17 bits per heavy atom. The normalized spacial score (nSPS) is 8.22. The predicted molar refractivity (Wildman–Crippen MR) is 74.3 cm³/mol. The van der Waals surface area contributed by atoms with Crippen LogP contribution in [-0.4, -0.2) is 12.2 Å². The molecule has 0 aliphatic rings. The second-order valence-corrected chi connectivity index (χ2v) is 4.51. The van der Waals surface area contributed by atoms with Crippen molar-refractivity contribution in [3.05, 3.63) is 0 Å². The van der Waals surface area contributed by atoms with E-state index in [9.17, 15) is 0 Å². The minimum Gasteiger partial charge on any atom is -0.222 e. The third kappa shape index (κ3) is 46.4. The van der Waals surface area contributed by atoms with E-state index in [0.29, 0.717) is 0 Å². The monoisotopic (exact) mass is 256 g/mol. The summed E-state index contributed by atoms with van der Waals surface area (Å²) in [6.45, 7) is 6.91. The molecule has 0 aromatic carbocycles. The minimum atomic E-state index is 0.750. The van der Waals surface area contributed by atoms with Crippen molar-refractivity contribution < 1.29 is 9.59 Å². The quantitative estimate of drug-likeness (QED) is 0.378. The maximum Gasteiger partial charge on any atom is 0.231 e. The van der Waals surface area contributed by atoms with Crippen LogP contribution in [0.2, 0.25) is 0 Å². The molecule has 4 nitrogen and oxygen atoms in total. The summed E-state index contributed by atoms with van der Waals surface area (Å²) in [6, 6.07) is 0. The lowest BCUT2D eigenvalue weighted by Crippen LogP contribution is -1.87. The fourth-order valence-electron chi connectivity index (χ4n) is 1.51. The van der Waals surface area contributed by atoms with Gasteiger partial charge in [-0.15, -0.1) is 0 Å². The molecule has 0 aliphatic heterocycles. The van der Waals surface area contributed by atoms with Crippen LogP contribution in [0.3, 0.4) is 0 Å². The van der Waals surface area contributed by atoms with Crippen molar-refractivity contribution in [3.63, 3.8) is 0 Å².